The van der Waals surface area contributed by atoms with Crippen molar-refractivity contribution in [3.05, 3.63) is 64.1 Å². The van der Waals surface area contributed by atoms with E-state index < -0.39 is 11.7 Å². The number of rotatable bonds is 3. The molecule has 1 unspecified atom stereocenters. The zero-order valence-electron chi connectivity index (χ0n) is 17.5. The average Bonchev–Trinajstić information content (AvgIpc) is 3.46. The van der Waals surface area contributed by atoms with Crippen molar-refractivity contribution in [1.29, 1.82) is 0 Å². The summed E-state index contributed by atoms with van der Waals surface area (Å²) in [7, 11) is 0. The fourth-order valence-electron chi connectivity index (χ4n) is 4.66. The molecule has 2 aromatic carbocycles. The first-order valence-electron chi connectivity index (χ1n) is 10.3. The molecule has 0 N–H and O–H groups in total. The summed E-state index contributed by atoms with van der Waals surface area (Å²) in [6, 6.07) is 10.4. The highest BCUT2D eigenvalue weighted by molar-refractivity contribution is 7.19. The largest absolute Gasteiger partial charge is 0.457 e. The number of hydrogen-bond donors (Lipinski definition) is 0. The molecule has 172 valence electrons. The van der Waals surface area contributed by atoms with Crippen molar-refractivity contribution < 1.29 is 22.7 Å². The van der Waals surface area contributed by atoms with E-state index in [-0.39, 0.29) is 17.1 Å². The van der Waals surface area contributed by atoms with Gasteiger partial charge in [-0.3, -0.25) is 4.79 Å². The first-order chi connectivity index (χ1) is 15.7. The molecule has 1 spiro atoms. The molecule has 1 fully saturated rings. The summed E-state index contributed by atoms with van der Waals surface area (Å²) in [4.78, 5) is 20.3. The average molecular weight is 494 g/mol. The van der Waals surface area contributed by atoms with Gasteiger partial charge in [-0.15, -0.1) is 0 Å². The van der Waals surface area contributed by atoms with Gasteiger partial charge in [0.2, 0.25) is 5.91 Å². The monoisotopic (exact) mass is 493 g/mol. The number of likely N-dealkylation sites (tertiary alicyclic amines) is 1. The van der Waals surface area contributed by atoms with Crippen LogP contribution < -0.4 is 9.64 Å². The van der Waals surface area contributed by atoms with Gasteiger partial charge < -0.3 is 14.5 Å². The second-order valence-electron chi connectivity index (χ2n) is 8.28. The minimum absolute atomic E-state index is 0.00400. The molecule has 33 heavy (non-hydrogen) atoms. The summed E-state index contributed by atoms with van der Waals surface area (Å²) in [6.45, 7) is 3.27. The van der Waals surface area contributed by atoms with Crippen LogP contribution in [0.5, 0.6) is 11.5 Å². The zero-order chi connectivity index (χ0) is 23.4. The van der Waals surface area contributed by atoms with E-state index in [1.165, 1.54) is 29.5 Å². The second kappa shape index (κ2) is 7.92. The van der Waals surface area contributed by atoms with E-state index in [0.29, 0.717) is 29.7 Å². The van der Waals surface area contributed by atoms with E-state index in [2.05, 4.69) is 9.88 Å². The maximum Gasteiger partial charge on any atom is 0.419 e. The quantitative estimate of drug-likeness (QED) is 0.432. The predicted molar refractivity (Wildman–Crippen MR) is 121 cm³/mol. The lowest BCUT2D eigenvalue weighted by molar-refractivity contribution is -0.138. The summed E-state index contributed by atoms with van der Waals surface area (Å²) >= 11 is 7.47. The van der Waals surface area contributed by atoms with Crippen molar-refractivity contribution in [2.75, 3.05) is 24.5 Å². The predicted octanol–water partition coefficient (Wildman–Crippen LogP) is 6.25. The van der Waals surface area contributed by atoms with Crippen LogP contribution in [0.15, 0.2) is 48.7 Å². The van der Waals surface area contributed by atoms with E-state index >= 15 is 0 Å². The van der Waals surface area contributed by atoms with Crippen molar-refractivity contribution in [2.24, 2.45) is 0 Å². The number of nitrogens with zero attached hydrogens (tertiary/aromatic N) is 3. The number of alkyl halides is 3. The molecule has 1 saturated heterocycles. The third-order valence-corrected chi connectivity index (χ3v) is 7.34. The number of halogens is 4. The summed E-state index contributed by atoms with van der Waals surface area (Å²) < 4.78 is 46.6. The van der Waals surface area contributed by atoms with Gasteiger partial charge in [0.1, 0.15) is 15.8 Å². The van der Waals surface area contributed by atoms with Crippen molar-refractivity contribution in [3.63, 3.8) is 0 Å². The Hall–Kier alpha value is -2.78. The number of anilines is 2. The third kappa shape index (κ3) is 3.93. The molecular formula is C23H19ClF3N3O2S. The number of carbonyl (C=O) groups is 1. The van der Waals surface area contributed by atoms with E-state index in [4.69, 9.17) is 16.3 Å². The molecule has 1 atom stereocenters. The summed E-state index contributed by atoms with van der Waals surface area (Å²) in [5.74, 6) is 0.0538. The standard InChI is InChI=1S/C23H19ClF3N3O2S/c1-14(31)29-9-8-22(12-29)13-30(21-28-11-20(24)33-21)18-7-6-15(10-17(18)22)32-19-5-3-2-4-16(19)23(25,26)27/h2-7,10-11H,8-9,12-13H2,1H3. The van der Waals surface area contributed by atoms with E-state index in [1.54, 1.807) is 30.2 Å². The number of benzene rings is 2. The summed E-state index contributed by atoms with van der Waals surface area (Å²) in [5.41, 5.74) is 0.618. The molecule has 10 heteroatoms. The fourth-order valence-corrected chi connectivity index (χ4v) is 5.57. The highest BCUT2D eigenvalue weighted by Gasteiger charge is 2.49. The maximum atomic E-state index is 13.4. The SMILES string of the molecule is CC(=O)N1CCC2(C1)CN(c1ncc(Cl)s1)c1ccc(Oc3ccccc3C(F)(F)F)cc12. The molecule has 0 aliphatic carbocycles. The van der Waals surface area contributed by atoms with E-state index in [1.807, 2.05) is 6.07 Å². The normalized spacial score (nSPS) is 19.9. The summed E-state index contributed by atoms with van der Waals surface area (Å²) in [5, 5.41) is 0.732. The number of ether oxygens (including phenoxy) is 1. The Morgan fingerprint density at radius 3 is 2.67 bits per heavy atom. The highest BCUT2D eigenvalue weighted by Crippen LogP contribution is 2.51. The Balaban J connectivity index is 1.56. The lowest BCUT2D eigenvalue weighted by atomic mass is 9.81. The maximum absolute atomic E-state index is 13.4. The van der Waals surface area contributed by atoms with Gasteiger partial charge in [0.05, 0.1) is 11.8 Å². The van der Waals surface area contributed by atoms with Crippen LogP contribution >= 0.6 is 22.9 Å². The molecule has 5 rings (SSSR count). The van der Waals surface area contributed by atoms with Gasteiger partial charge in [-0.05, 0) is 42.3 Å². The Bertz CT molecular complexity index is 1230. The van der Waals surface area contributed by atoms with Crippen molar-refractivity contribution in [1.82, 2.24) is 9.88 Å². The molecule has 0 saturated carbocycles. The number of fused-ring (bicyclic) bond motifs is 2. The van der Waals surface area contributed by atoms with Crippen molar-refractivity contribution >= 4 is 39.7 Å². The van der Waals surface area contributed by atoms with Crippen LogP contribution in [0.25, 0.3) is 0 Å². The number of carbonyl (C=O) groups excluding carboxylic acids is 1. The Labute approximate surface area is 197 Å². The van der Waals surface area contributed by atoms with Crippen molar-refractivity contribution in [2.45, 2.75) is 24.9 Å². The molecule has 5 nitrogen and oxygen atoms in total. The van der Waals surface area contributed by atoms with Gasteiger partial charge in [0, 0.05) is 37.7 Å². The molecular weight excluding hydrogens is 475 g/mol. The molecule has 1 aromatic heterocycles. The van der Waals surface area contributed by atoms with Gasteiger partial charge in [-0.25, -0.2) is 4.98 Å². The van der Waals surface area contributed by atoms with E-state index in [9.17, 15) is 18.0 Å². The number of amides is 1. The fraction of sp³-hybridized carbons (Fsp3) is 0.304. The Morgan fingerprint density at radius 1 is 1.21 bits per heavy atom. The van der Waals surface area contributed by atoms with E-state index in [0.717, 1.165) is 28.9 Å². The minimum Gasteiger partial charge on any atom is -0.457 e. The van der Waals surface area contributed by atoms with Crippen LogP contribution in [0.2, 0.25) is 4.34 Å². The zero-order valence-corrected chi connectivity index (χ0v) is 19.1. The van der Waals surface area contributed by atoms with Crippen LogP contribution in [0, 0.1) is 0 Å². The van der Waals surface area contributed by atoms with Gasteiger partial charge in [0.15, 0.2) is 5.13 Å². The second-order valence-corrected chi connectivity index (χ2v) is 9.92. The lowest BCUT2D eigenvalue weighted by Gasteiger charge is -2.25. The number of aromatic nitrogens is 1. The molecule has 0 radical (unpaired) electrons. The lowest BCUT2D eigenvalue weighted by Crippen LogP contribution is -2.36. The molecule has 1 amide bonds. The number of thiazole rings is 1. The van der Waals surface area contributed by atoms with Crippen LogP contribution in [-0.4, -0.2) is 35.4 Å². The van der Waals surface area contributed by atoms with Gasteiger partial charge in [-0.2, -0.15) is 13.2 Å². The van der Waals surface area contributed by atoms with Gasteiger partial charge in [0.25, 0.3) is 0 Å². The highest BCUT2D eigenvalue weighted by atomic mass is 35.5. The third-order valence-electron chi connectivity index (χ3n) is 6.21. The number of hydrogen-bond acceptors (Lipinski definition) is 5. The molecule has 3 aromatic rings. The Morgan fingerprint density at radius 2 is 2.00 bits per heavy atom. The first-order valence-corrected chi connectivity index (χ1v) is 11.5. The Kier molecular flexibility index (Phi) is 5.29. The van der Waals surface area contributed by atoms with Gasteiger partial charge >= 0.3 is 6.18 Å². The van der Waals surface area contributed by atoms with Crippen LogP contribution in [0.4, 0.5) is 24.0 Å². The molecule has 0 bridgehead atoms. The minimum atomic E-state index is -4.52. The molecule has 2 aliphatic rings. The summed E-state index contributed by atoms with van der Waals surface area (Å²) in [6.07, 6.45) is -2.20. The molecule has 3 heterocycles. The molecule has 2 aliphatic heterocycles. The first kappa shape index (κ1) is 22.0. The van der Waals surface area contributed by atoms with Crippen molar-refractivity contribution in [3.8, 4) is 11.5 Å². The van der Waals surface area contributed by atoms with Gasteiger partial charge in [-0.1, -0.05) is 35.1 Å². The topological polar surface area (TPSA) is 45.7 Å². The smallest absolute Gasteiger partial charge is 0.419 e. The van der Waals surface area contributed by atoms with Crippen LogP contribution in [0.1, 0.15) is 24.5 Å². The number of para-hydroxylation sites is 1. The van der Waals surface area contributed by atoms with Crippen LogP contribution in [-0.2, 0) is 16.4 Å². The van der Waals surface area contributed by atoms with Crippen LogP contribution in [0.3, 0.4) is 0 Å².